The van der Waals surface area contributed by atoms with Crippen LogP contribution in [0.15, 0.2) is 36.4 Å². The molecule has 10 nitrogen and oxygen atoms in total. The van der Waals surface area contributed by atoms with Gasteiger partial charge in [-0.25, -0.2) is 9.59 Å². The Bertz CT molecular complexity index is 882. The number of hydrogen-bond donors (Lipinski definition) is 6. The summed E-state index contributed by atoms with van der Waals surface area (Å²) in [6.07, 6.45) is 0.432. The van der Waals surface area contributed by atoms with Crippen molar-refractivity contribution in [1.29, 1.82) is 0 Å². The zero-order valence-electron chi connectivity index (χ0n) is 15.6. The predicted octanol–water partition coefficient (Wildman–Crippen LogP) is 0.248. The van der Waals surface area contributed by atoms with Gasteiger partial charge < -0.3 is 31.1 Å². The number of carbonyl (C=O) groups excluding carboxylic acids is 2. The second kappa shape index (κ2) is 9.92. The molecule has 10 heteroatoms. The van der Waals surface area contributed by atoms with Crippen molar-refractivity contribution in [3.8, 4) is 22.6 Å². The van der Waals surface area contributed by atoms with Crippen LogP contribution in [0.4, 0.5) is 0 Å². The topological polar surface area (TPSA) is 173 Å². The standard InChI is InChI=1S/C20H20N2O8/c23-9-21-15(19(27)28)7-11-1-3-17(25)13(5-11)14-6-12(2-4-18(14)26)8-16(20(29)30)22-10-24/h1-6,9-10,15-16,25-26H,7-8H2,(H,21,23)(H,22,24)(H,27,28)(H,29,30)/t15-,16+. The molecule has 2 amide bonds. The van der Waals surface area contributed by atoms with E-state index in [1.165, 1.54) is 36.4 Å². The Morgan fingerprint density at radius 1 is 0.767 bits per heavy atom. The van der Waals surface area contributed by atoms with Crippen LogP contribution in [0.5, 0.6) is 11.5 Å². The molecule has 0 fully saturated rings. The zero-order chi connectivity index (χ0) is 22.3. The average molecular weight is 416 g/mol. The maximum Gasteiger partial charge on any atom is 0.326 e. The molecule has 0 aliphatic heterocycles. The number of nitrogens with one attached hydrogen (secondary N) is 2. The van der Waals surface area contributed by atoms with E-state index >= 15 is 0 Å². The minimum Gasteiger partial charge on any atom is -0.507 e. The molecule has 6 N–H and O–H groups in total. The number of rotatable bonds is 11. The van der Waals surface area contributed by atoms with E-state index in [0.717, 1.165) is 0 Å². The van der Waals surface area contributed by atoms with Crippen LogP contribution in [0.25, 0.3) is 11.1 Å². The monoisotopic (exact) mass is 416 g/mol. The van der Waals surface area contributed by atoms with Gasteiger partial charge in [0.2, 0.25) is 12.8 Å². The number of hydrogen-bond acceptors (Lipinski definition) is 6. The predicted molar refractivity (Wildman–Crippen MR) is 104 cm³/mol. The number of phenolic OH excluding ortho intramolecular Hbond substituents is 2. The van der Waals surface area contributed by atoms with E-state index in [4.69, 9.17) is 0 Å². The maximum absolute atomic E-state index is 11.2. The molecule has 0 aliphatic rings. The second-order valence-electron chi connectivity index (χ2n) is 6.46. The van der Waals surface area contributed by atoms with Gasteiger partial charge in [0.25, 0.3) is 0 Å². The summed E-state index contributed by atoms with van der Waals surface area (Å²) in [6.45, 7) is 0. The first-order valence-corrected chi connectivity index (χ1v) is 8.76. The average Bonchev–Trinajstić information content (AvgIpc) is 2.70. The van der Waals surface area contributed by atoms with Gasteiger partial charge in [-0.3, -0.25) is 9.59 Å². The van der Waals surface area contributed by atoms with E-state index in [1.54, 1.807) is 0 Å². The van der Waals surface area contributed by atoms with Gasteiger partial charge in [0.1, 0.15) is 23.6 Å². The number of aliphatic carboxylic acids is 2. The molecular formula is C20H20N2O8. The van der Waals surface area contributed by atoms with Gasteiger partial charge in [-0.2, -0.15) is 0 Å². The number of carboxylic acids is 2. The van der Waals surface area contributed by atoms with Gasteiger partial charge in [-0.05, 0) is 35.4 Å². The summed E-state index contributed by atoms with van der Waals surface area (Å²) in [5, 5.41) is 43.2. The van der Waals surface area contributed by atoms with Gasteiger partial charge in [-0.15, -0.1) is 0 Å². The third-order valence-corrected chi connectivity index (χ3v) is 4.43. The van der Waals surface area contributed by atoms with Crippen LogP contribution in [-0.2, 0) is 32.0 Å². The summed E-state index contributed by atoms with van der Waals surface area (Å²) in [5.41, 5.74) is 1.33. The molecule has 0 spiro atoms. The molecule has 0 bridgehead atoms. The quantitative estimate of drug-likeness (QED) is 0.283. The Morgan fingerprint density at radius 2 is 1.13 bits per heavy atom. The van der Waals surface area contributed by atoms with Crippen molar-refractivity contribution in [3.63, 3.8) is 0 Å². The van der Waals surface area contributed by atoms with E-state index in [1.807, 2.05) is 0 Å². The molecule has 2 aromatic rings. The Labute approximate surface area is 170 Å². The van der Waals surface area contributed by atoms with Crippen LogP contribution >= 0.6 is 0 Å². The van der Waals surface area contributed by atoms with Crippen molar-refractivity contribution < 1.29 is 39.6 Å². The lowest BCUT2D eigenvalue weighted by Gasteiger charge is -2.15. The number of phenols is 2. The molecular weight excluding hydrogens is 396 g/mol. The molecule has 0 saturated heterocycles. The third kappa shape index (κ3) is 5.47. The van der Waals surface area contributed by atoms with Crippen LogP contribution in [0.1, 0.15) is 11.1 Å². The van der Waals surface area contributed by atoms with Crippen molar-refractivity contribution in [1.82, 2.24) is 10.6 Å². The first-order valence-electron chi connectivity index (χ1n) is 8.76. The molecule has 2 atom stereocenters. The highest BCUT2D eigenvalue weighted by Gasteiger charge is 2.20. The lowest BCUT2D eigenvalue weighted by atomic mass is 9.95. The summed E-state index contributed by atoms with van der Waals surface area (Å²) >= 11 is 0. The molecule has 30 heavy (non-hydrogen) atoms. The van der Waals surface area contributed by atoms with Crippen molar-refractivity contribution in [2.75, 3.05) is 0 Å². The lowest BCUT2D eigenvalue weighted by Crippen LogP contribution is -2.37. The van der Waals surface area contributed by atoms with Crippen molar-refractivity contribution in [2.24, 2.45) is 0 Å². The highest BCUT2D eigenvalue weighted by Crippen LogP contribution is 2.37. The summed E-state index contributed by atoms with van der Waals surface area (Å²) in [5.74, 6) is -2.85. The van der Waals surface area contributed by atoms with Gasteiger partial charge >= 0.3 is 11.9 Å². The smallest absolute Gasteiger partial charge is 0.326 e. The molecule has 2 rings (SSSR count). The van der Waals surface area contributed by atoms with E-state index in [2.05, 4.69) is 10.6 Å². The largest absolute Gasteiger partial charge is 0.507 e. The molecule has 158 valence electrons. The zero-order valence-corrected chi connectivity index (χ0v) is 15.6. The first kappa shape index (κ1) is 22.2. The number of amides is 2. The molecule has 0 heterocycles. The fourth-order valence-electron chi connectivity index (χ4n) is 2.92. The minimum absolute atomic E-state index is 0.0633. The molecule has 0 saturated carbocycles. The summed E-state index contributed by atoms with van der Waals surface area (Å²) in [7, 11) is 0. The molecule has 0 aliphatic carbocycles. The molecule has 2 aromatic carbocycles. The summed E-state index contributed by atoms with van der Waals surface area (Å²) in [6, 6.07) is 6.20. The van der Waals surface area contributed by atoms with E-state index in [9.17, 15) is 39.6 Å². The third-order valence-electron chi connectivity index (χ3n) is 4.43. The highest BCUT2D eigenvalue weighted by molar-refractivity contribution is 5.79. The van der Waals surface area contributed by atoms with Gasteiger partial charge in [-0.1, -0.05) is 12.1 Å². The number of carbonyl (C=O) groups is 4. The first-order chi connectivity index (χ1) is 14.3. The van der Waals surface area contributed by atoms with Crippen LogP contribution < -0.4 is 10.6 Å². The van der Waals surface area contributed by atoms with E-state index < -0.39 is 24.0 Å². The molecule has 0 radical (unpaired) electrons. The van der Waals surface area contributed by atoms with Gasteiger partial charge in [0, 0.05) is 24.0 Å². The van der Waals surface area contributed by atoms with Crippen molar-refractivity contribution in [2.45, 2.75) is 24.9 Å². The second-order valence-corrected chi connectivity index (χ2v) is 6.46. The van der Waals surface area contributed by atoms with Crippen LogP contribution in [-0.4, -0.2) is 57.3 Å². The lowest BCUT2D eigenvalue weighted by molar-refractivity contribution is -0.141. The summed E-state index contributed by atoms with van der Waals surface area (Å²) in [4.78, 5) is 43.7. The SMILES string of the molecule is O=CN[C@@H](Cc1ccc(O)c(-c2cc(C[C@@H](NC=O)C(=O)O)ccc2O)c1)C(=O)O. The van der Waals surface area contributed by atoms with Crippen LogP contribution in [0.2, 0.25) is 0 Å². The minimum atomic E-state index is -1.23. The van der Waals surface area contributed by atoms with Crippen molar-refractivity contribution >= 4 is 24.8 Å². The van der Waals surface area contributed by atoms with E-state index in [0.29, 0.717) is 11.1 Å². The van der Waals surface area contributed by atoms with Gasteiger partial charge in [0.15, 0.2) is 0 Å². The Balaban J connectivity index is 2.40. The normalized spacial score (nSPS) is 12.4. The van der Waals surface area contributed by atoms with Crippen LogP contribution in [0.3, 0.4) is 0 Å². The maximum atomic E-state index is 11.2. The highest BCUT2D eigenvalue weighted by atomic mass is 16.4. The Morgan fingerprint density at radius 3 is 1.43 bits per heavy atom. The number of aromatic hydroxyl groups is 2. The fourth-order valence-corrected chi connectivity index (χ4v) is 2.92. The van der Waals surface area contributed by atoms with Gasteiger partial charge in [0.05, 0.1) is 0 Å². The Kier molecular flexibility index (Phi) is 7.34. The Hall–Kier alpha value is -4.08. The number of benzene rings is 2. The molecule has 0 aromatic heterocycles. The molecule has 0 unspecified atom stereocenters. The summed E-state index contributed by atoms with van der Waals surface area (Å²) < 4.78 is 0. The fraction of sp³-hybridized carbons (Fsp3) is 0.200. The van der Waals surface area contributed by atoms with Crippen LogP contribution in [0, 0.1) is 0 Å². The van der Waals surface area contributed by atoms with Crippen molar-refractivity contribution in [3.05, 3.63) is 47.5 Å². The number of carboxylic acid groups (broad SMARTS) is 2. The van der Waals surface area contributed by atoms with E-state index in [-0.39, 0.29) is 48.3 Å².